The van der Waals surface area contributed by atoms with Crippen molar-refractivity contribution in [3.05, 3.63) is 105 Å². The highest BCUT2D eigenvalue weighted by atomic mass is 19.1. The van der Waals surface area contributed by atoms with E-state index in [1.807, 2.05) is 57.2 Å². The number of nitrogens with zero attached hydrogens (tertiary/aromatic N) is 2. The number of hydrogen-bond donors (Lipinski definition) is 3. The zero-order valence-electron chi connectivity index (χ0n) is 28.1. The fourth-order valence-corrected chi connectivity index (χ4v) is 5.28. The number of terminal acetylenes is 1. The van der Waals surface area contributed by atoms with E-state index in [2.05, 4.69) is 49.6 Å². The Kier molecular flexibility index (Phi) is 12.7. The van der Waals surface area contributed by atoms with Crippen molar-refractivity contribution in [1.82, 2.24) is 20.2 Å². The van der Waals surface area contributed by atoms with E-state index >= 15 is 0 Å². The number of carbonyl (C=O) groups excluding carboxylic acids is 1. The summed E-state index contributed by atoms with van der Waals surface area (Å²) in [6, 6.07) is 7.35. The van der Waals surface area contributed by atoms with Crippen LogP contribution in [0.4, 0.5) is 10.2 Å². The molecule has 46 heavy (non-hydrogen) atoms. The molecule has 1 aromatic heterocycles. The van der Waals surface area contributed by atoms with Crippen molar-refractivity contribution in [2.45, 2.75) is 84.3 Å². The number of aromatic nitrogens is 2. The molecular weight excluding hydrogens is 581 g/mol. The van der Waals surface area contributed by atoms with Gasteiger partial charge in [0.15, 0.2) is 5.82 Å². The number of nitrogens with one attached hydrogen (secondary N) is 3. The normalized spacial score (nSPS) is 19.3. The van der Waals surface area contributed by atoms with Gasteiger partial charge in [0, 0.05) is 43.6 Å². The zero-order chi connectivity index (χ0) is 34.0. The van der Waals surface area contributed by atoms with Gasteiger partial charge >= 0.3 is 0 Å². The molecule has 1 aromatic carbocycles. The van der Waals surface area contributed by atoms with Crippen LogP contribution < -0.4 is 21.5 Å². The first-order chi connectivity index (χ1) is 21.9. The van der Waals surface area contributed by atoms with Gasteiger partial charge in [-0.15, -0.1) is 12.8 Å². The van der Waals surface area contributed by atoms with Gasteiger partial charge in [-0.1, -0.05) is 45.9 Å². The second-order valence-electron chi connectivity index (χ2n) is 12.7. The summed E-state index contributed by atoms with van der Waals surface area (Å²) in [4.78, 5) is 31.0. The molecule has 246 valence electrons. The Bertz CT molecular complexity index is 1570. The van der Waals surface area contributed by atoms with E-state index in [4.69, 9.17) is 9.72 Å². The molecule has 0 spiro atoms. The standard InChI is InChI=1S/C35H46FN5O3.C2H2/c1-8-10-29(40-33(42)24-12-14-25(15-13-24)35(4,5)6)22(2)23(3)31-21-41(7)34(43)32(39-31)38-26-16-17-28(36)30(19-26)37-20-27-11-9-18-44-27;1-2/h8,10,12-15,17,19,21,23,26-27,37H,9,11,16,18,20H2,1-7H3,(H,38,39)(H,40,42);1-2H/b10-8-,29-22+;. The topological polar surface area (TPSA) is 97.3 Å². The summed E-state index contributed by atoms with van der Waals surface area (Å²) in [6.45, 7) is 13.5. The average molecular weight is 630 g/mol. The quantitative estimate of drug-likeness (QED) is 0.208. The Balaban J connectivity index is 0.00000282. The molecule has 2 heterocycles. The Hall–Kier alpha value is -4.42. The Morgan fingerprint density at radius 2 is 1.93 bits per heavy atom. The fraction of sp³-hybridized carbons (Fsp3) is 0.432. The molecule has 1 saturated heterocycles. The highest BCUT2D eigenvalue weighted by Gasteiger charge is 2.22. The number of rotatable bonds is 10. The van der Waals surface area contributed by atoms with Crippen LogP contribution in [0.1, 0.15) is 88.3 Å². The molecule has 0 saturated carbocycles. The van der Waals surface area contributed by atoms with E-state index in [9.17, 15) is 14.0 Å². The molecule has 2 aliphatic rings. The first-order valence-electron chi connectivity index (χ1n) is 15.7. The lowest BCUT2D eigenvalue weighted by atomic mass is 9.86. The molecule has 3 unspecified atom stereocenters. The Labute approximate surface area is 272 Å². The largest absolute Gasteiger partial charge is 0.380 e. The molecule has 8 nitrogen and oxygen atoms in total. The van der Waals surface area contributed by atoms with Crippen molar-refractivity contribution < 1.29 is 13.9 Å². The van der Waals surface area contributed by atoms with E-state index in [0.29, 0.717) is 35.6 Å². The lowest BCUT2D eigenvalue weighted by Crippen LogP contribution is -2.32. The number of aryl methyl sites for hydroxylation is 1. The monoisotopic (exact) mass is 629 g/mol. The van der Waals surface area contributed by atoms with E-state index in [-0.39, 0.29) is 46.6 Å². The molecule has 1 aliphatic heterocycles. The summed E-state index contributed by atoms with van der Waals surface area (Å²) < 4.78 is 21.7. The molecule has 1 fully saturated rings. The molecule has 0 bridgehead atoms. The SMILES string of the molecule is C#C.C/C=C\C(NC(=O)c1ccc(C(C)(C)C)cc1)=C(\C)C(C)c1cn(C)c(=O)c(NC2C=C(NCC3CCCO3)C(F)=CC2)n1. The molecule has 2 aromatic rings. The summed E-state index contributed by atoms with van der Waals surface area (Å²) in [5.41, 5.74) is 4.07. The van der Waals surface area contributed by atoms with Crippen LogP contribution in [-0.4, -0.2) is 40.8 Å². The summed E-state index contributed by atoms with van der Waals surface area (Å²) in [5.74, 6) is -0.543. The van der Waals surface area contributed by atoms with Crippen molar-refractivity contribution in [3.8, 4) is 12.8 Å². The van der Waals surface area contributed by atoms with Gasteiger partial charge in [0.2, 0.25) is 0 Å². The molecule has 1 amide bonds. The highest BCUT2D eigenvalue weighted by Crippen LogP contribution is 2.27. The van der Waals surface area contributed by atoms with Crippen molar-refractivity contribution in [2.24, 2.45) is 7.05 Å². The van der Waals surface area contributed by atoms with Crippen molar-refractivity contribution in [1.29, 1.82) is 0 Å². The average Bonchev–Trinajstić information content (AvgIpc) is 3.57. The first-order valence-corrected chi connectivity index (χ1v) is 15.7. The third kappa shape index (κ3) is 9.30. The van der Waals surface area contributed by atoms with Gasteiger partial charge in [0.1, 0.15) is 5.83 Å². The van der Waals surface area contributed by atoms with Gasteiger partial charge in [-0.05, 0) is 80.0 Å². The maximum atomic E-state index is 14.6. The van der Waals surface area contributed by atoms with Crippen molar-refractivity contribution in [2.75, 3.05) is 18.5 Å². The molecule has 9 heteroatoms. The number of anilines is 1. The fourth-order valence-electron chi connectivity index (χ4n) is 5.28. The van der Waals surface area contributed by atoms with Crippen LogP contribution in [0.15, 0.2) is 82.4 Å². The summed E-state index contributed by atoms with van der Waals surface area (Å²) in [7, 11) is 1.69. The maximum Gasteiger partial charge on any atom is 0.293 e. The van der Waals surface area contributed by atoms with Gasteiger partial charge in [0.25, 0.3) is 11.5 Å². The second-order valence-corrected chi connectivity index (χ2v) is 12.7. The van der Waals surface area contributed by atoms with E-state index in [1.165, 1.54) is 10.6 Å². The van der Waals surface area contributed by atoms with Crippen LogP contribution in [0.2, 0.25) is 0 Å². The van der Waals surface area contributed by atoms with Gasteiger partial charge in [0.05, 0.1) is 23.5 Å². The Morgan fingerprint density at radius 1 is 1.24 bits per heavy atom. The van der Waals surface area contributed by atoms with Crippen LogP contribution in [0.3, 0.4) is 0 Å². The van der Waals surface area contributed by atoms with Crippen LogP contribution in [0.25, 0.3) is 0 Å². The van der Waals surface area contributed by atoms with Crippen molar-refractivity contribution in [3.63, 3.8) is 0 Å². The van der Waals surface area contributed by atoms with E-state index in [1.54, 1.807) is 19.3 Å². The smallest absolute Gasteiger partial charge is 0.293 e. The first kappa shape index (κ1) is 36.1. The van der Waals surface area contributed by atoms with Crippen LogP contribution in [0.5, 0.6) is 0 Å². The molecule has 1 aliphatic carbocycles. The van der Waals surface area contributed by atoms with Gasteiger partial charge in [-0.2, -0.15) is 0 Å². The summed E-state index contributed by atoms with van der Waals surface area (Å²) >= 11 is 0. The molecular formula is C37H48FN5O3. The van der Waals surface area contributed by atoms with Gasteiger partial charge < -0.3 is 25.3 Å². The minimum atomic E-state index is -0.313. The third-order valence-corrected chi connectivity index (χ3v) is 8.24. The number of hydrogen-bond acceptors (Lipinski definition) is 6. The van der Waals surface area contributed by atoms with Gasteiger partial charge in [-0.3, -0.25) is 9.59 Å². The van der Waals surface area contributed by atoms with Gasteiger partial charge in [-0.25, -0.2) is 9.37 Å². The third-order valence-electron chi connectivity index (χ3n) is 8.24. The molecule has 4 rings (SSSR count). The lowest BCUT2D eigenvalue weighted by Gasteiger charge is -2.23. The predicted molar refractivity (Wildman–Crippen MR) is 184 cm³/mol. The van der Waals surface area contributed by atoms with E-state index in [0.717, 1.165) is 30.6 Å². The number of ether oxygens (including phenoxy) is 1. The zero-order valence-corrected chi connectivity index (χ0v) is 28.1. The number of benzene rings is 1. The Morgan fingerprint density at radius 3 is 2.54 bits per heavy atom. The molecule has 3 atom stereocenters. The maximum absolute atomic E-state index is 14.6. The van der Waals surface area contributed by atoms with E-state index < -0.39 is 0 Å². The number of carbonyl (C=O) groups is 1. The predicted octanol–water partition coefficient (Wildman–Crippen LogP) is 6.40. The number of amides is 1. The number of allylic oxidation sites excluding steroid dienone is 4. The van der Waals surface area contributed by atoms with Crippen LogP contribution in [0, 0.1) is 12.8 Å². The minimum Gasteiger partial charge on any atom is -0.380 e. The van der Waals surface area contributed by atoms with Crippen LogP contribution >= 0.6 is 0 Å². The highest BCUT2D eigenvalue weighted by molar-refractivity contribution is 5.95. The number of halogens is 1. The lowest BCUT2D eigenvalue weighted by molar-refractivity contribution is 0.0966. The summed E-state index contributed by atoms with van der Waals surface area (Å²) in [6.07, 6.45) is 19.2. The second kappa shape index (κ2) is 16.2. The molecule has 0 radical (unpaired) electrons. The van der Waals surface area contributed by atoms with Crippen molar-refractivity contribution >= 4 is 11.7 Å². The molecule has 3 N–H and O–H groups in total. The summed E-state index contributed by atoms with van der Waals surface area (Å²) in [5, 5.41) is 9.45. The van der Waals surface area contributed by atoms with Crippen LogP contribution in [-0.2, 0) is 17.2 Å². The minimum absolute atomic E-state index is 0.00268.